The molecule has 0 radical (unpaired) electrons. The number of rotatable bonds is 6. The first-order valence-corrected chi connectivity index (χ1v) is 11.0. The van der Waals surface area contributed by atoms with Crippen LogP contribution in [-0.2, 0) is 6.54 Å². The number of nitrogens with zero attached hydrogens (tertiary/aromatic N) is 3. The predicted octanol–water partition coefficient (Wildman–Crippen LogP) is 3.28. The zero-order valence-corrected chi connectivity index (χ0v) is 19.0. The van der Waals surface area contributed by atoms with Crippen molar-refractivity contribution in [2.24, 2.45) is 0 Å². The van der Waals surface area contributed by atoms with Crippen molar-refractivity contribution < 1.29 is 22.7 Å². The highest BCUT2D eigenvalue weighted by atomic mass is 19.3. The number of nitrogen functional groups attached to an aromatic ring is 1. The maximum Gasteiger partial charge on any atom is 0.275 e. The molecule has 2 aromatic heterocycles. The van der Waals surface area contributed by atoms with Crippen LogP contribution in [0.5, 0.6) is 5.75 Å². The van der Waals surface area contributed by atoms with Gasteiger partial charge in [0.05, 0.1) is 29.4 Å². The fourth-order valence-electron chi connectivity index (χ4n) is 4.33. The molecule has 12 heteroatoms. The van der Waals surface area contributed by atoms with Crippen molar-refractivity contribution in [1.29, 1.82) is 0 Å². The van der Waals surface area contributed by atoms with E-state index >= 15 is 0 Å². The average molecular weight is 498 g/mol. The summed E-state index contributed by atoms with van der Waals surface area (Å²) in [7, 11) is 1.39. The van der Waals surface area contributed by atoms with Gasteiger partial charge in [0.2, 0.25) is 5.92 Å². The van der Waals surface area contributed by atoms with E-state index in [0.29, 0.717) is 5.69 Å². The summed E-state index contributed by atoms with van der Waals surface area (Å²) >= 11 is 0. The number of fused-ring (bicyclic) bond motifs is 1. The molecular formula is C24H21F3N6O3. The highest BCUT2D eigenvalue weighted by molar-refractivity contribution is 5.97. The Morgan fingerprint density at radius 1 is 1.25 bits per heavy atom. The van der Waals surface area contributed by atoms with Crippen molar-refractivity contribution in [1.82, 2.24) is 25.3 Å². The molecule has 186 valence electrons. The average Bonchev–Trinajstić information content (AvgIpc) is 3.25. The molecule has 1 aliphatic carbocycles. The van der Waals surface area contributed by atoms with Crippen LogP contribution in [0.3, 0.4) is 0 Å². The number of amides is 1. The molecule has 1 saturated carbocycles. The normalized spacial score (nSPS) is 15.0. The second kappa shape index (κ2) is 8.70. The van der Waals surface area contributed by atoms with Gasteiger partial charge in [0, 0.05) is 25.3 Å². The molecule has 0 atom stereocenters. The van der Waals surface area contributed by atoms with Crippen molar-refractivity contribution >= 4 is 22.6 Å². The molecule has 0 unspecified atom stereocenters. The summed E-state index contributed by atoms with van der Waals surface area (Å²) in [5.41, 5.74) is 7.28. The fraction of sp³-hybridized carbons (Fsp3) is 0.250. The van der Waals surface area contributed by atoms with Gasteiger partial charge in [-0.1, -0.05) is 12.1 Å². The van der Waals surface area contributed by atoms with Gasteiger partial charge in [0.15, 0.2) is 5.82 Å². The maximum atomic E-state index is 13.6. The molecule has 1 fully saturated rings. The number of alkyl halides is 2. The SMILES string of the molecule is COc1ccc(F)cc1C(=O)NCc1ccc(-n2nc(C3CC(F)(F)C3)c3c(=O)[nH]nc(N)c32)cc1. The summed E-state index contributed by atoms with van der Waals surface area (Å²) < 4.78 is 47.1. The quantitative estimate of drug-likeness (QED) is 0.374. The van der Waals surface area contributed by atoms with Crippen LogP contribution in [0.25, 0.3) is 16.6 Å². The van der Waals surface area contributed by atoms with Gasteiger partial charge in [-0.2, -0.15) is 10.2 Å². The van der Waals surface area contributed by atoms with E-state index in [9.17, 15) is 22.8 Å². The van der Waals surface area contributed by atoms with Gasteiger partial charge in [-0.25, -0.2) is 23.0 Å². The van der Waals surface area contributed by atoms with Gasteiger partial charge in [0.25, 0.3) is 11.5 Å². The number of hydrogen-bond acceptors (Lipinski definition) is 6. The minimum absolute atomic E-state index is 0.00909. The van der Waals surface area contributed by atoms with E-state index in [4.69, 9.17) is 10.5 Å². The topological polar surface area (TPSA) is 128 Å². The third-order valence-corrected chi connectivity index (χ3v) is 6.18. The summed E-state index contributed by atoms with van der Waals surface area (Å²) in [6, 6.07) is 10.5. The van der Waals surface area contributed by atoms with E-state index < -0.39 is 42.0 Å². The number of carbonyl (C=O) groups excluding carboxylic acids is 1. The number of nitrogens with one attached hydrogen (secondary N) is 2. The lowest BCUT2D eigenvalue weighted by Gasteiger charge is -2.33. The molecule has 4 N–H and O–H groups in total. The molecule has 2 aromatic carbocycles. The number of halogens is 3. The number of nitrogens with two attached hydrogens (primary N) is 1. The third-order valence-electron chi connectivity index (χ3n) is 6.18. The Hall–Kier alpha value is -4.35. The molecule has 2 heterocycles. The Kier molecular flexibility index (Phi) is 5.65. The number of ether oxygens (including phenoxy) is 1. The number of anilines is 1. The largest absolute Gasteiger partial charge is 0.496 e. The Labute approximate surface area is 202 Å². The second-order valence-electron chi connectivity index (χ2n) is 8.61. The lowest BCUT2D eigenvalue weighted by molar-refractivity contribution is -0.0873. The van der Waals surface area contributed by atoms with E-state index in [1.165, 1.54) is 23.9 Å². The van der Waals surface area contributed by atoms with Gasteiger partial charge in [-0.3, -0.25) is 9.59 Å². The van der Waals surface area contributed by atoms with E-state index in [-0.39, 0.29) is 40.3 Å². The Morgan fingerprint density at radius 3 is 2.64 bits per heavy atom. The van der Waals surface area contributed by atoms with E-state index in [2.05, 4.69) is 20.6 Å². The number of carbonyl (C=O) groups is 1. The molecule has 4 aromatic rings. The minimum atomic E-state index is -2.78. The van der Waals surface area contributed by atoms with Crippen LogP contribution in [0.1, 0.15) is 40.4 Å². The molecule has 5 rings (SSSR count). The number of methoxy groups -OCH3 is 1. The molecule has 9 nitrogen and oxygen atoms in total. The van der Waals surface area contributed by atoms with Crippen molar-refractivity contribution in [3.63, 3.8) is 0 Å². The van der Waals surface area contributed by atoms with Crippen LogP contribution < -0.4 is 21.3 Å². The van der Waals surface area contributed by atoms with Crippen molar-refractivity contribution in [3.8, 4) is 11.4 Å². The van der Waals surface area contributed by atoms with Crippen LogP contribution in [0, 0.1) is 5.82 Å². The first-order valence-electron chi connectivity index (χ1n) is 11.0. The van der Waals surface area contributed by atoms with Crippen LogP contribution in [0.15, 0.2) is 47.3 Å². The predicted molar refractivity (Wildman–Crippen MR) is 125 cm³/mol. The van der Waals surface area contributed by atoms with Crippen LogP contribution in [0.2, 0.25) is 0 Å². The molecule has 1 amide bonds. The lowest BCUT2D eigenvalue weighted by atomic mass is 9.78. The highest BCUT2D eigenvalue weighted by Gasteiger charge is 2.48. The van der Waals surface area contributed by atoms with Crippen LogP contribution >= 0.6 is 0 Å². The second-order valence-corrected chi connectivity index (χ2v) is 8.61. The smallest absolute Gasteiger partial charge is 0.275 e. The van der Waals surface area contributed by atoms with Crippen molar-refractivity contribution in [2.75, 3.05) is 12.8 Å². The zero-order valence-electron chi connectivity index (χ0n) is 19.0. The number of aromatic amines is 1. The van der Waals surface area contributed by atoms with E-state index in [1.54, 1.807) is 24.3 Å². The molecular weight excluding hydrogens is 477 g/mol. The third kappa shape index (κ3) is 4.14. The number of hydrogen-bond donors (Lipinski definition) is 3. The van der Waals surface area contributed by atoms with E-state index in [0.717, 1.165) is 11.6 Å². The lowest BCUT2D eigenvalue weighted by Crippen LogP contribution is -2.34. The Bertz CT molecular complexity index is 1520. The summed E-state index contributed by atoms with van der Waals surface area (Å²) in [4.78, 5) is 25.0. The van der Waals surface area contributed by atoms with Crippen LogP contribution in [0.4, 0.5) is 19.0 Å². The monoisotopic (exact) mass is 498 g/mol. The first kappa shape index (κ1) is 23.4. The summed E-state index contributed by atoms with van der Waals surface area (Å²) in [5, 5.41) is 13.4. The molecule has 0 saturated heterocycles. The molecule has 0 bridgehead atoms. The van der Waals surface area contributed by atoms with Gasteiger partial charge < -0.3 is 15.8 Å². The maximum absolute atomic E-state index is 13.6. The number of benzene rings is 2. The van der Waals surface area contributed by atoms with Crippen molar-refractivity contribution in [2.45, 2.75) is 31.2 Å². The zero-order chi connectivity index (χ0) is 25.6. The van der Waals surface area contributed by atoms with Gasteiger partial charge in [0.1, 0.15) is 17.1 Å². The summed E-state index contributed by atoms with van der Waals surface area (Å²) in [6.45, 7) is 0.143. The molecule has 0 spiro atoms. The number of aromatic nitrogens is 4. The molecule has 0 aliphatic heterocycles. The highest BCUT2D eigenvalue weighted by Crippen LogP contribution is 2.49. The molecule has 1 aliphatic rings. The van der Waals surface area contributed by atoms with Crippen molar-refractivity contribution in [3.05, 3.63) is 75.5 Å². The Balaban J connectivity index is 1.40. The van der Waals surface area contributed by atoms with Gasteiger partial charge in [-0.15, -0.1) is 0 Å². The van der Waals surface area contributed by atoms with Gasteiger partial charge >= 0.3 is 0 Å². The first-order chi connectivity index (χ1) is 17.2. The molecule has 36 heavy (non-hydrogen) atoms. The number of H-pyrrole nitrogens is 1. The summed E-state index contributed by atoms with van der Waals surface area (Å²) in [5.74, 6) is -4.16. The summed E-state index contributed by atoms with van der Waals surface area (Å²) in [6.07, 6.45) is -0.787. The van der Waals surface area contributed by atoms with Gasteiger partial charge in [-0.05, 0) is 35.9 Å². The minimum Gasteiger partial charge on any atom is -0.496 e. The van der Waals surface area contributed by atoms with Crippen LogP contribution in [-0.4, -0.2) is 38.9 Å². The Morgan fingerprint density at radius 2 is 1.97 bits per heavy atom. The van der Waals surface area contributed by atoms with E-state index in [1.807, 2.05) is 0 Å². The fourth-order valence-corrected chi connectivity index (χ4v) is 4.33. The standard InChI is InChI=1S/C24H21F3N6O3/c1-36-17-7-4-14(25)8-16(17)22(34)29-11-12-2-5-15(6-3-12)33-20-18(23(35)31-30-21(20)28)19(32-33)13-9-24(26,27)10-13/h2-8,13H,9-11H2,1H3,(H2,28,30)(H,29,34)(H,31,35).